The smallest absolute Gasteiger partial charge is 0.270 e. The Kier molecular flexibility index (Phi) is 3.41. The minimum Gasteiger partial charge on any atom is -0.347 e. The van der Waals surface area contributed by atoms with Crippen LogP contribution >= 0.6 is 0 Å². The Balaban J connectivity index is 1.35. The molecule has 2 aliphatic heterocycles. The summed E-state index contributed by atoms with van der Waals surface area (Å²) in [5.74, 6) is 1.02. The van der Waals surface area contributed by atoms with Crippen LogP contribution in [-0.2, 0) is 13.6 Å². The van der Waals surface area contributed by atoms with Crippen LogP contribution in [0.1, 0.15) is 22.7 Å². The maximum Gasteiger partial charge on any atom is 0.270 e. The van der Waals surface area contributed by atoms with Crippen molar-refractivity contribution in [2.45, 2.75) is 13.0 Å². The van der Waals surface area contributed by atoms with Crippen LogP contribution < -0.4 is 0 Å². The molecule has 6 heteroatoms. The second-order valence-corrected chi connectivity index (χ2v) is 6.79. The second-order valence-electron chi connectivity index (χ2n) is 6.79. The van der Waals surface area contributed by atoms with Crippen molar-refractivity contribution in [2.24, 2.45) is 12.5 Å². The number of aryl methyl sites for hydroxylation is 1. The number of likely N-dealkylation sites (tertiary alicyclic amines) is 2. The van der Waals surface area contributed by atoms with Crippen molar-refractivity contribution in [3.8, 4) is 0 Å². The van der Waals surface area contributed by atoms with Crippen molar-refractivity contribution in [1.82, 2.24) is 24.3 Å². The number of amides is 1. The van der Waals surface area contributed by atoms with Gasteiger partial charge in [0.25, 0.3) is 5.91 Å². The van der Waals surface area contributed by atoms with Crippen LogP contribution in [-0.4, -0.2) is 56.4 Å². The molecule has 0 radical (unpaired) electrons. The molecule has 0 atom stereocenters. The largest absolute Gasteiger partial charge is 0.347 e. The van der Waals surface area contributed by atoms with Crippen LogP contribution in [0.25, 0.3) is 0 Å². The molecule has 6 nitrogen and oxygen atoms in total. The second kappa shape index (κ2) is 5.45. The molecule has 0 saturated carbocycles. The third-order valence-corrected chi connectivity index (χ3v) is 5.00. The number of carbonyl (C=O) groups excluding carboxylic acids is 1. The summed E-state index contributed by atoms with van der Waals surface area (Å²) in [6.45, 7) is 4.62. The molecule has 0 bridgehead atoms. The third kappa shape index (κ3) is 2.63. The number of aromatic nitrogens is 3. The molecule has 0 N–H and O–H groups in total. The van der Waals surface area contributed by atoms with Gasteiger partial charge in [-0.15, -0.1) is 0 Å². The minimum atomic E-state index is 0.146. The molecular formula is C17H21N5O. The summed E-state index contributed by atoms with van der Waals surface area (Å²) in [5.41, 5.74) is 1.04. The summed E-state index contributed by atoms with van der Waals surface area (Å²) >= 11 is 0. The molecule has 1 amide bonds. The van der Waals surface area contributed by atoms with Gasteiger partial charge in [-0.05, 0) is 31.2 Å². The molecule has 2 saturated heterocycles. The highest BCUT2D eigenvalue weighted by Gasteiger charge is 2.49. The number of hydrogen-bond acceptors (Lipinski definition) is 4. The molecule has 0 unspecified atom stereocenters. The first-order chi connectivity index (χ1) is 11.2. The van der Waals surface area contributed by atoms with Crippen LogP contribution in [0, 0.1) is 5.41 Å². The van der Waals surface area contributed by atoms with Gasteiger partial charge in [-0.25, -0.2) is 9.97 Å². The molecule has 2 aromatic rings. The van der Waals surface area contributed by atoms with Gasteiger partial charge in [0.05, 0.1) is 6.54 Å². The van der Waals surface area contributed by atoms with Gasteiger partial charge in [-0.3, -0.25) is 9.69 Å². The van der Waals surface area contributed by atoms with Gasteiger partial charge in [0.15, 0.2) is 0 Å². The van der Waals surface area contributed by atoms with Gasteiger partial charge >= 0.3 is 0 Å². The maximum atomic E-state index is 12.5. The molecule has 1 spiro atoms. The Morgan fingerprint density at radius 2 is 2.00 bits per heavy atom. The number of rotatable bonds is 3. The van der Waals surface area contributed by atoms with Gasteiger partial charge in [0.1, 0.15) is 11.5 Å². The Morgan fingerprint density at radius 3 is 2.70 bits per heavy atom. The Morgan fingerprint density at radius 1 is 1.22 bits per heavy atom. The highest BCUT2D eigenvalue weighted by Crippen LogP contribution is 2.40. The van der Waals surface area contributed by atoms with Gasteiger partial charge < -0.3 is 9.47 Å². The summed E-state index contributed by atoms with van der Waals surface area (Å²) in [6.07, 6.45) is 6.65. The van der Waals surface area contributed by atoms with E-state index in [4.69, 9.17) is 0 Å². The fourth-order valence-corrected chi connectivity index (χ4v) is 3.78. The van der Waals surface area contributed by atoms with Crippen molar-refractivity contribution in [3.63, 3.8) is 0 Å². The fraction of sp³-hybridized carbons (Fsp3) is 0.471. The molecule has 4 rings (SSSR count). The van der Waals surface area contributed by atoms with Gasteiger partial charge in [0.2, 0.25) is 0 Å². The van der Waals surface area contributed by atoms with E-state index in [-0.39, 0.29) is 11.3 Å². The lowest BCUT2D eigenvalue weighted by Gasteiger charge is -2.48. The summed E-state index contributed by atoms with van der Waals surface area (Å²) in [7, 11) is 1.92. The standard InChI is InChI=1S/C17H21N5O/c1-20-8-2-4-14(20)16(23)22-12-17(13-22)5-9-21(11-17)10-15-18-6-3-7-19-15/h2-4,6-8H,5,9-13H2,1H3. The molecule has 2 fully saturated rings. The molecule has 2 aliphatic rings. The van der Waals surface area contributed by atoms with E-state index in [0.29, 0.717) is 0 Å². The van der Waals surface area contributed by atoms with E-state index >= 15 is 0 Å². The molecule has 120 valence electrons. The van der Waals surface area contributed by atoms with Gasteiger partial charge in [-0.1, -0.05) is 0 Å². The number of carbonyl (C=O) groups is 1. The highest BCUT2D eigenvalue weighted by molar-refractivity contribution is 5.93. The van der Waals surface area contributed by atoms with E-state index < -0.39 is 0 Å². The van der Waals surface area contributed by atoms with Crippen molar-refractivity contribution in [1.29, 1.82) is 0 Å². The van der Waals surface area contributed by atoms with Crippen LogP contribution in [0.4, 0.5) is 0 Å². The average Bonchev–Trinajstić information content (AvgIpc) is 3.13. The summed E-state index contributed by atoms with van der Waals surface area (Å²) < 4.78 is 1.89. The monoisotopic (exact) mass is 311 g/mol. The SMILES string of the molecule is Cn1cccc1C(=O)N1CC2(CCN(Cc3ncccn3)C2)C1. The predicted molar refractivity (Wildman–Crippen MR) is 85.7 cm³/mol. The predicted octanol–water partition coefficient (Wildman–Crippen LogP) is 1.16. The van der Waals surface area contributed by atoms with Crippen molar-refractivity contribution >= 4 is 5.91 Å². The van der Waals surface area contributed by atoms with Crippen molar-refractivity contribution in [2.75, 3.05) is 26.2 Å². The van der Waals surface area contributed by atoms with E-state index in [1.54, 1.807) is 12.4 Å². The summed E-state index contributed by atoms with van der Waals surface area (Å²) in [6, 6.07) is 5.65. The Bertz CT molecular complexity index is 705. The van der Waals surface area contributed by atoms with E-state index in [1.807, 2.05) is 40.9 Å². The van der Waals surface area contributed by atoms with Crippen LogP contribution in [0.5, 0.6) is 0 Å². The van der Waals surface area contributed by atoms with Gasteiger partial charge in [-0.2, -0.15) is 0 Å². The van der Waals surface area contributed by atoms with Crippen molar-refractivity contribution in [3.05, 3.63) is 48.3 Å². The van der Waals surface area contributed by atoms with Crippen LogP contribution in [0.15, 0.2) is 36.8 Å². The maximum absolute atomic E-state index is 12.5. The lowest BCUT2D eigenvalue weighted by atomic mass is 9.79. The fourth-order valence-electron chi connectivity index (χ4n) is 3.78. The minimum absolute atomic E-state index is 0.146. The third-order valence-electron chi connectivity index (χ3n) is 5.00. The lowest BCUT2D eigenvalue weighted by Crippen LogP contribution is -2.59. The Labute approximate surface area is 135 Å². The first-order valence-electron chi connectivity index (χ1n) is 8.04. The van der Waals surface area contributed by atoms with Crippen molar-refractivity contribution < 1.29 is 4.79 Å². The molecule has 0 aromatic carbocycles. The normalized spacial score (nSPS) is 20.0. The zero-order valence-corrected chi connectivity index (χ0v) is 13.4. The van der Waals surface area contributed by atoms with E-state index in [2.05, 4.69) is 14.9 Å². The first-order valence-corrected chi connectivity index (χ1v) is 8.04. The zero-order valence-electron chi connectivity index (χ0n) is 13.4. The lowest BCUT2D eigenvalue weighted by molar-refractivity contribution is 0.00951. The average molecular weight is 311 g/mol. The highest BCUT2D eigenvalue weighted by atomic mass is 16.2. The van der Waals surface area contributed by atoms with E-state index in [0.717, 1.165) is 50.7 Å². The van der Waals surface area contributed by atoms with Gasteiger partial charge in [0, 0.05) is 50.7 Å². The quantitative estimate of drug-likeness (QED) is 0.854. The van der Waals surface area contributed by atoms with E-state index in [9.17, 15) is 4.79 Å². The molecular weight excluding hydrogens is 290 g/mol. The molecule has 4 heterocycles. The number of hydrogen-bond donors (Lipinski definition) is 0. The number of nitrogens with zero attached hydrogens (tertiary/aromatic N) is 5. The Hall–Kier alpha value is -2.21. The molecule has 23 heavy (non-hydrogen) atoms. The topological polar surface area (TPSA) is 54.3 Å². The molecule has 0 aliphatic carbocycles. The van der Waals surface area contributed by atoms with E-state index in [1.165, 1.54) is 0 Å². The summed E-state index contributed by atoms with van der Waals surface area (Å²) in [4.78, 5) is 25.5. The zero-order chi connectivity index (χ0) is 15.9. The van der Waals surface area contributed by atoms with Crippen LogP contribution in [0.2, 0.25) is 0 Å². The first kappa shape index (κ1) is 14.4. The summed E-state index contributed by atoms with van der Waals surface area (Å²) in [5, 5.41) is 0. The van der Waals surface area contributed by atoms with Crippen LogP contribution in [0.3, 0.4) is 0 Å². The molecule has 2 aromatic heterocycles.